The molecular formula is C14H16F3NO4. The normalized spacial score (nSPS) is 14.0. The van der Waals surface area contributed by atoms with Crippen molar-refractivity contribution >= 4 is 11.9 Å². The average Bonchev–Trinajstić information content (AvgIpc) is 2.43. The van der Waals surface area contributed by atoms with Crippen molar-refractivity contribution in [3.8, 4) is 5.75 Å². The number of para-hydroxylation sites is 1. The molecule has 0 fully saturated rings. The van der Waals surface area contributed by atoms with Gasteiger partial charge in [0, 0.05) is 6.54 Å². The number of rotatable bonds is 6. The van der Waals surface area contributed by atoms with Crippen molar-refractivity contribution < 1.29 is 32.6 Å². The van der Waals surface area contributed by atoms with Gasteiger partial charge in [-0.05, 0) is 19.1 Å². The summed E-state index contributed by atoms with van der Waals surface area (Å²) in [6, 6.07) is 4.55. The van der Waals surface area contributed by atoms with E-state index in [0.29, 0.717) is 0 Å². The highest BCUT2D eigenvalue weighted by atomic mass is 19.4. The highest BCUT2D eigenvalue weighted by Crippen LogP contribution is 2.36. The van der Waals surface area contributed by atoms with Gasteiger partial charge in [0.1, 0.15) is 5.75 Å². The predicted molar refractivity (Wildman–Crippen MR) is 71.3 cm³/mol. The third-order valence-corrected chi connectivity index (χ3v) is 2.87. The van der Waals surface area contributed by atoms with E-state index in [1.807, 2.05) is 0 Å². The molecule has 122 valence electrons. The number of ether oxygens (including phenoxy) is 1. The van der Waals surface area contributed by atoms with Crippen molar-refractivity contribution in [1.82, 2.24) is 5.32 Å². The Kier molecular flexibility index (Phi) is 5.78. The highest BCUT2D eigenvalue weighted by molar-refractivity contribution is 5.81. The molecule has 22 heavy (non-hydrogen) atoms. The highest BCUT2D eigenvalue weighted by Gasteiger charge is 2.34. The van der Waals surface area contributed by atoms with E-state index in [1.54, 1.807) is 0 Å². The molecule has 0 aliphatic rings. The Labute approximate surface area is 125 Å². The van der Waals surface area contributed by atoms with Crippen molar-refractivity contribution in [2.24, 2.45) is 5.92 Å². The molecule has 0 aliphatic heterocycles. The van der Waals surface area contributed by atoms with Gasteiger partial charge in [-0.3, -0.25) is 9.59 Å². The summed E-state index contributed by atoms with van der Waals surface area (Å²) in [5, 5.41) is 11.0. The second-order valence-electron chi connectivity index (χ2n) is 4.74. The van der Waals surface area contributed by atoms with Crippen LogP contribution in [-0.2, 0) is 15.8 Å². The molecule has 0 bridgehead atoms. The molecular weight excluding hydrogens is 303 g/mol. The van der Waals surface area contributed by atoms with Crippen LogP contribution in [0.3, 0.4) is 0 Å². The zero-order valence-corrected chi connectivity index (χ0v) is 12.0. The summed E-state index contributed by atoms with van der Waals surface area (Å²) in [4.78, 5) is 22.3. The maximum atomic E-state index is 12.8. The van der Waals surface area contributed by atoms with E-state index in [0.717, 1.165) is 12.1 Å². The third-order valence-electron chi connectivity index (χ3n) is 2.87. The molecule has 2 unspecified atom stereocenters. The molecule has 1 amide bonds. The number of nitrogens with one attached hydrogen (secondary N) is 1. The van der Waals surface area contributed by atoms with Crippen LogP contribution in [0.4, 0.5) is 13.2 Å². The zero-order valence-electron chi connectivity index (χ0n) is 12.0. The Balaban J connectivity index is 2.71. The third kappa shape index (κ3) is 4.94. The molecule has 1 aromatic rings. The summed E-state index contributed by atoms with van der Waals surface area (Å²) >= 11 is 0. The number of aliphatic carboxylic acids is 1. The second-order valence-corrected chi connectivity index (χ2v) is 4.74. The number of carboxylic acids is 1. The van der Waals surface area contributed by atoms with Gasteiger partial charge >= 0.3 is 12.1 Å². The predicted octanol–water partition coefficient (Wildman–Crippen LogP) is 2.31. The number of hydrogen-bond acceptors (Lipinski definition) is 3. The topological polar surface area (TPSA) is 75.6 Å². The van der Waals surface area contributed by atoms with Crippen LogP contribution in [0, 0.1) is 5.92 Å². The number of carboxylic acid groups (broad SMARTS) is 1. The van der Waals surface area contributed by atoms with Crippen LogP contribution in [0.5, 0.6) is 5.75 Å². The Bertz CT molecular complexity index is 545. The first-order chi connectivity index (χ1) is 10.1. The Morgan fingerprint density at radius 1 is 1.27 bits per heavy atom. The molecule has 1 aromatic carbocycles. The number of carbonyl (C=O) groups excluding carboxylic acids is 1. The van der Waals surface area contributed by atoms with Gasteiger partial charge in [0.2, 0.25) is 0 Å². The van der Waals surface area contributed by atoms with Crippen LogP contribution < -0.4 is 10.1 Å². The number of benzene rings is 1. The van der Waals surface area contributed by atoms with E-state index >= 15 is 0 Å². The van der Waals surface area contributed by atoms with Gasteiger partial charge in [-0.2, -0.15) is 13.2 Å². The van der Waals surface area contributed by atoms with Crippen LogP contribution in [0.2, 0.25) is 0 Å². The molecule has 2 atom stereocenters. The average molecular weight is 319 g/mol. The molecule has 1 rings (SSSR count). The van der Waals surface area contributed by atoms with E-state index in [-0.39, 0.29) is 6.54 Å². The summed E-state index contributed by atoms with van der Waals surface area (Å²) in [7, 11) is 0. The number of alkyl halides is 3. The lowest BCUT2D eigenvalue weighted by atomic mass is 10.2. The van der Waals surface area contributed by atoms with Crippen molar-refractivity contribution in [3.05, 3.63) is 29.8 Å². The van der Waals surface area contributed by atoms with E-state index < -0.39 is 41.4 Å². The largest absolute Gasteiger partial charge is 0.481 e. The van der Waals surface area contributed by atoms with Gasteiger partial charge < -0.3 is 15.2 Å². The number of hydrogen-bond donors (Lipinski definition) is 2. The molecule has 0 aliphatic carbocycles. The number of halogens is 3. The molecule has 0 radical (unpaired) electrons. The molecule has 0 saturated carbocycles. The van der Waals surface area contributed by atoms with Crippen molar-refractivity contribution in [2.45, 2.75) is 26.1 Å². The molecule has 5 nitrogen and oxygen atoms in total. The van der Waals surface area contributed by atoms with Gasteiger partial charge in [-0.15, -0.1) is 0 Å². The molecule has 0 spiro atoms. The zero-order chi connectivity index (χ0) is 16.9. The van der Waals surface area contributed by atoms with Gasteiger partial charge in [-0.25, -0.2) is 0 Å². The quantitative estimate of drug-likeness (QED) is 0.844. The SMILES string of the molecule is CC(CNC(=O)C(C)Oc1ccccc1C(F)(F)F)C(=O)O. The Morgan fingerprint density at radius 3 is 2.41 bits per heavy atom. The monoisotopic (exact) mass is 319 g/mol. The van der Waals surface area contributed by atoms with Gasteiger partial charge in [0.05, 0.1) is 11.5 Å². The minimum absolute atomic E-state index is 0.136. The van der Waals surface area contributed by atoms with Crippen LogP contribution in [0.25, 0.3) is 0 Å². The number of amides is 1. The van der Waals surface area contributed by atoms with E-state index in [9.17, 15) is 22.8 Å². The molecule has 2 N–H and O–H groups in total. The van der Waals surface area contributed by atoms with Crippen molar-refractivity contribution in [1.29, 1.82) is 0 Å². The van der Waals surface area contributed by atoms with Gasteiger partial charge in [0.25, 0.3) is 5.91 Å². The van der Waals surface area contributed by atoms with E-state index in [4.69, 9.17) is 9.84 Å². The van der Waals surface area contributed by atoms with Crippen LogP contribution >= 0.6 is 0 Å². The minimum atomic E-state index is -4.59. The van der Waals surface area contributed by atoms with Crippen LogP contribution in [-0.4, -0.2) is 29.6 Å². The first-order valence-corrected chi connectivity index (χ1v) is 6.46. The van der Waals surface area contributed by atoms with Crippen LogP contribution in [0.1, 0.15) is 19.4 Å². The summed E-state index contributed by atoms with van der Waals surface area (Å²) in [6.45, 7) is 2.55. The number of carbonyl (C=O) groups is 2. The fraction of sp³-hybridized carbons (Fsp3) is 0.429. The lowest BCUT2D eigenvalue weighted by Gasteiger charge is -2.18. The lowest BCUT2D eigenvalue weighted by Crippen LogP contribution is -2.40. The summed E-state index contributed by atoms with van der Waals surface area (Å²) in [5.41, 5.74) is -0.978. The van der Waals surface area contributed by atoms with Crippen LogP contribution in [0.15, 0.2) is 24.3 Å². The first-order valence-electron chi connectivity index (χ1n) is 6.46. The van der Waals surface area contributed by atoms with Gasteiger partial charge in [0.15, 0.2) is 6.10 Å². The standard InChI is InChI=1S/C14H16F3NO4/c1-8(13(20)21)7-18-12(19)9(2)22-11-6-4-3-5-10(11)14(15,16)17/h3-6,8-9H,7H2,1-2H3,(H,18,19)(H,20,21). The Hall–Kier alpha value is -2.25. The smallest absolute Gasteiger partial charge is 0.419 e. The molecule has 0 heterocycles. The summed E-state index contributed by atoms with van der Waals surface area (Å²) in [5.74, 6) is -3.04. The van der Waals surface area contributed by atoms with E-state index in [1.165, 1.54) is 26.0 Å². The maximum Gasteiger partial charge on any atom is 0.419 e. The molecule has 8 heteroatoms. The minimum Gasteiger partial charge on any atom is -0.481 e. The second kappa shape index (κ2) is 7.15. The first kappa shape index (κ1) is 17.8. The van der Waals surface area contributed by atoms with E-state index in [2.05, 4.69) is 5.32 Å². The maximum absolute atomic E-state index is 12.8. The Morgan fingerprint density at radius 2 is 1.86 bits per heavy atom. The van der Waals surface area contributed by atoms with Gasteiger partial charge in [-0.1, -0.05) is 19.1 Å². The summed E-state index contributed by atoms with van der Waals surface area (Å²) < 4.78 is 43.4. The van der Waals surface area contributed by atoms with Crippen molar-refractivity contribution in [3.63, 3.8) is 0 Å². The fourth-order valence-electron chi connectivity index (χ4n) is 1.53. The van der Waals surface area contributed by atoms with Crippen molar-refractivity contribution in [2.75, 3.05) is 6.54 Å². The lowest BCUT2D eigenvalue weighted by molar-refractivity contribution is -0.142. The molecule has 0 aromatic heterocycles. The summed E-state index contributed by atoms with van der Waals surface area (Å²) in [6.07, 6.45) is -5.78. The fourth-order valence-corrected chi connectivity index (χ4v) is 1.53. The molecule has 0 saturated heterocycles.